The molecular weight excluding hydrogens is 320 g/mol. The van der Waals surface area contributed by atoms with Crippen molar-refractivity contribution in [2.45, 2.75) is 11.8 Å². The quantitative estimate of drug-likeness (QED) is 0.781. The number of rotatable bonds is 2. The van der Waals surface area contributed by atoms with Gasteiger partial charge in [0, 0.05) is 10.9 Å². The molecule has 114 valence electrons. The number of hydrogen-bond acceptors (Lipinski definition) is 3. The van der Waals surface area contributed by atoms with Crippen molar-refractivity contribution in [3.05, 3.63) is 60.2 Å². The highest BCUT2D eigenvalue weighted by atomic mass is 35.5. The molecule has 0 unspecified atom stereocenters. The Hall–Kier alpha value is -1.95. The second kappa shape index (κ2) is 6.04. The fourth-order valence-corrected chi connectivity index (χ4v) is 2.89. The summed E-state index contributed by atoms with van der Waals surface area (Å²) in [5.74, 6) is 0. The average Bonchev–Trinajstić information content (AvgIpc) is 2.46. The lowest BCUT2D eigenvalue weighted by molar-refractivity contribution is 0.598. The number of fused-ring (bicyclic) bond motifs is 1. The maximum Gasteiger partial charge on any atom is 0.238 e. The summed E-state index contributed by atoms with van der Waals surface area (Å²) < 4.78 is 22.9. The zero-order valence-electron chi connectivity index (χ0n) is 11.9. The van der Waals surface area contributed by atoms with Gasteiger partial charge >= 0.3 is 0 Å². The third kappa shape index (κ3) is 3.11. The minimum atomic E-state index is -3.71. The summed E-state index contributed by atoms with van der Waals surface area (Å²) in [6.07, 6.45) is 0. The highest BCUT2D eigenvalue weighted by Crippen LogP contribution is 2.25. The van der Waals surface area contributed by atoms with E-state index in [2.05, 4.69) is 4.98 Å². The van der Waals surface area contributed by atoms with Gasteiger partial charge in [0.15, 0.2) is 0 Å². The Morgan fingerprint density at radius 2 is 1.73 bits per heavy atom. The topological polar surface area (TPSA) is 73.1 Å². The van der Waals surface area contributed by atoms with Crippen molar-refractivity contribution in [3.8, 4) is 11.3 Å². The van der Waals surface area contributed by atoms with Crippen LogP contribution in [0, 0.1) is 6.92 Å². The lowest BCUT2D eigenvalue weighted by atomic mass is 10.1. The maximum atomic E-state index is 11.5. The molecule has 4 nitrogen and oxygen atoms in total. The van der Waals surface area contributed by atoms with Crippen LogP contribution in [0.1, 0.15) is 5.56 Å². The van der Waals surface area contributed by atoms with E-state index in [1.807, 2.05) is 43.3 Å². The number of aromatic nitrogens is 1. The molecule has 0 fully saturated rings. The summed E-state index contributed by atoms with van der Waals surface area (Å²) in [4.78, 5) is 4.68. The fraction of sp³-hybridized carbons (Fsp3) is 0.0625. The van der Waals surface area contributed by atoms with Crippen LogP contribution in [0.2, 0.25) is 0 Å². The molecule has 0 aliphatic rings. The molecule has 0 spiro atoms. The molecule has 0 aliphatic heterocycles. The Labute approximate surface area is 135 Å². The summed E-state index contributed by atoms with van der Waals surface area (Å²) >= 11 is 0. The van der Waals surface area contributed by atoms with E-state index < -0.39 is 10.0 Å². The van der Waals surface area contributed by atoms with Gasteiger partial charge in [-0.2, -0.15) is 0 Å². The summed E-state index contributed by atoms with van der Waals surface area (Å²) in [6.45, 7) is 2.01. The van der Waals surface area contributed by atoms with Crippen LogP contribution in [0.4, 0.5) is 0 Å². The summed E-state index contributed by atoms with van der Waals surface area (Å²) in [5.41, 5.74) is 3.44. The van der Waals surface area contributed by atoms with Crippen molar-refractivity contribution in [2.24, 2.45) is 5.14 Å². The number of para-hydroxylation sites is 1. The van der Waals surface area contributed by atoms with Gasteiger partial charge in [0.05, 0.1) is 16.1 Å². The summed E-state index contributed by atoms with van der Waals surface area (Å²) in [6, 6.07) is 16.3. The molecule has 0 bridgehead atoms. The van der Waals surface area contributed by atoms with Crippen molar-refractivity contribution in [1.29, 1.82) is 0 Å². The van der Waals surface area contributed by atoms with Crippen LogP contribution in [0.25, 0.3) is 22.2 Å². The van der Waals surface area contributed by atoms with E-state index >= 15 is 0 Å². The second-order valence-electron chi connectivity index (χ2n) is 4.91. The van der Waals surface area contributed by atoms with Crippen molar-refractivity contribution >= 4 is 33.3 Å². The van der Waals surface area contributed by atoms with E-state index in [0.29, 0.717) is 0 Å². The number of hydrogen-bond donors (Lipinski definition) is 1. The zero-order valence-corrected chi connectivity index (χ0v) is 13.5. The third-order valence-corrected chi connectivity index (χ3v) is 4.29. The van der Waals surface area contributed by atoms with E-state index in [4.69, 9.17) is 5.14 Å². The zero-order chi connectivity index (χ0) is 15.0. The highest BCUT2D eigenvalue weighted by molar-refractivity contribution is 7.89. The standard InChI is InChI=1S/C16H14N2O2S.ClH/c1-11-9-16(18-15-8-3-2-7-14(11)15)12-5-4-6-13(10-12)21(17,19)20;/h2-10H,1H3,(H2,17,19,20);1H. The minimum absolute atomic E-state index is 0. The monoisotopic (exact) mass is 334 g/mol. The predicted molar refractivity (Wildman–Crippen MR) is 90.5 cm³/mol. The number of nitrogens with two attached hydrogens (primary N) is 1. The van der Waals surface area contributed by atoms with Crippen LogP contribution in [0.15, 0.2) is 59.5 Å². The number of aryl methyl sites for hydroxylation is 1. The maximum absolute atomic E-state index is 11.5. The molecule has 2 N–H and O–H groups in total. The molecule has 1 aromatic heterocycles. The molecule has 0 saturated carbocycles. The molecule has 0 radical (unpaired) electrons. The van der Waals surface area contributed by atoms with E-state index in [0.717, 1.165) is 27.7 Å². The van der Waals surface area contributed by atoms with Gasteiger partial charge in [0.2, 0.25) is 10.0 Å². The Morgan fingerprint density at radius 3 is 2.45 bits per heavy atom. The second-order valence-corrected chi connectivity index (χ2v) is 6.48. The largest absolute Gasteiger partial charge is 0.248 e. The van der Waals surface area contributed by atoms with Crippen LogP contribution in [-0.4, -0.2) is 13.4 Å². The molecule has 1 heterocycles. The average molecular weight is 335 g/mol. The van der Waals surface area contributed by atoms with E-state index in [-0.39, 0.29) is 17.3 Å². The van der Waals surface area contributed by atoms with Gasteiger partial charge in [-0.25, -0.2) is 18.5 Å². The van der Waals surface area contributed by atoms with Gasteiger partial charge in [-0.05, 0) is 36.8 Å². The fourth-order valence-electron chi connectivity index (χ4n) is 2.33. The molecule has 0 atom stereocenters. The Bertz CT molecular complexity index is 940. The van der Waals surface area contributed by atoms with Gasteiger partial charge in [0.25, 0.3) is 0 Å². The molecule has 3 rings (SSSR count). The number of sulfonamides is 1. The van der Waals surface area contributed by atoms with Crippen LogP contribution < -0.4 is 5.14 Å². The van der Waals surface area contributed by atoms with Gasteiger partial charge in [-0.15, -0.1) is 12.4 Å². The number of nitrogens with zero attached hydrogens (tertiary/aromatic N) is 1. The number of primary sulfonamides is 1. The number of benzene rings is 2. The number of halogens is 1. The van der Waals surface area contributed by atoms with Crippen LogP contribution in [-0.2, 0) is 10.0 Å². The Kier molecular flexibility index (Phi) is 4.51. The first kappa shape index (κ1) is 16.4. The van der Waals surface area contributed by atoms with Crippen molar-refractivity contribution < 1.29 is 8.42 Å². The molecular formula is C16H15ClN2O2S. The van der Waals surface area contributed by atoms with Crippen LogP contribution >= 0.6 is 12.4 Å². The van der Waals surface area contributed by atoms with Gasteiger partial charge < -0.3 is 0 Å². The smallest absolute Gasteiger partial charge is 0.238 e. The molecule has 3 aromatic rings. The van der Waals surface area contributed by atoms with E-state index in [9.17, 15) is 8.42 Å². The normalized spacial score (nSPS) is 11.2. The Morgan fingerprint density at radius 1 is 1.00 bits per heavy atom. The highest BCUT2D eigenvalue weighted by Gasteiger charge is 2.10. The molecule has 2 aromatic carbocycles. The Balaban J connectivity index is 0.00000176. The lowest BCUT2D eigenvalue weighted by Crippen LogP contribution is -2.11. The molecule has 0 amide bonds. The van der Waals surface area contributed by atoms with Gasteiger partial charge in [-0.1, -0.05) is 30.3 Å². The van der Waals surface area contributed by atoms with Gasteiger partial charge in [0.1, 0.15) is 0 Å². The SMILES string of the molecule is Cc1cc(-c2cccc(S(N)(=O)=O)c2)nc2ccccc12.Cl. The molecule has 22 heavy (non-hydrogen) atoms. The van der Waals surface area contributed by atoms with E-state index in [1.54, 1.807) is 12.1 Å². The van der Waals surface area contributed by atoms with Crippen molar-refractivity contribution in [3.63, 3.8) is 0 Å². The molecule has 0 saturated heterocycles. The number of pyridine rings is 1. The summed E-state index contributed by atoms with van der Waals surface area (Å²) in [5, 5.41) is 6.26. The first-order valence-corrected chi connectivity index (χ1v) is 7.99. The van der Waals surface area contributed by atoms with E-state index in [1.165, 1.54) is 6.07 Å². The lowest BCUT2D eigenvalue weighted by Gasteiger charge is -2.07. The van der Waals surface area contributed by atoms with Crippen LogP contribution in [0.5, 0.6) is 0 Å². The van der Waals surface area contributed by atoms with Crippen molar-refractivity contribution in [2.75, 3.05) is 0 Å². The summed E-state index contributed by atoms with van der Waals surface area (Å²) in [7, 11) is -3.71. The van der Waals surface area contributed by atoms with Crippen molar-refractivity contribution in [1.82, 2.24) is 4.98 Å². The minimum Gasteiger partial charge on any atom is -0.248 e. The third-order valence-electron chi connectivity index (χ3n) is 3.38. The molecule has 6 heteroatoms. The first-order chi connectivity index (χ1) is 9.95. The predicted octanol–water partition coefficient (Wildman–Crippen LogP) is 3.28. The van der Waals surface area contributed by atoms with Gasteiger partial charge in [-0.3, -0.25) is 0 Å². The first-order valence-electron chi connectivity index (χ1n) is 6.45. The molecule has 0 aliphatic carbocycles. The van der Waals surface area contributed by atoms with Crippen LogP contribution in [0.3, 0.4) is 0 Å².